The zero-order valence-corrected chi connectivity index (χ0v) is 11.9. The van der Waals surface area contributed by atoms with Crippen LogP contribution in [-0.4, -0.2) is 12.1 Å². The molecule has 2 rings (SSSR count). The third-order valence-electron chi connectivity index (χ3n) is 3.29. The van der Waals surface area contributed by atoms with Crippen LogP contribution in [0.4, 0.5) is 4.39 Å². The molecule has 0 saturated heterocycles. The van der Waals surface area contributed by atoms with E-state index < -0.39 is 0 Å². The van der Waals surface area contributed by atoms with E-state index in [4.69, 9.17) is 4.74 Å². The lowest BCUT2D eigenvalue weighted by atomic mass is 10.1. The Morgan fingerprint density at radius 3 is 2.60 bits per heavy atom. The first-order valence-electron chi connectivity index (χ1n) is 6.62. The normalized spacial score (nSPS) is 13.8. The minimum atomic E-state index is -0.264. The van der Waals surface area contributed by atoms with Crippen LogP contribution in [0.25, 0.3) is 0 Å². The Labute approximate surface area is 118 Å². The summed E-state index contributed by atoms with van der Waals surface area (Å²) in [6.45, 7) is 4.02. The summed E-state index contributed by atoms with van der Waals surface area (Å²) in [5.74, 6) is 0.416. The van der Waals surface area contributed by atoms with Crippen LogP contribution >= 0.6 is 0 Å². The minimum absolute atomic E-state index is 0.0438. The highest BCUT2D eigenvalue weighted by Crippen LogP contribution is 2.27. The largest absolute Gasteiger partial charge is 0.496 e. The number of halogens is 1. The monoisotopic (exact) mass is 274 g/mol. The molecule has 0 aliphatic carbocycles. The molecule has 0 spiro atoms. The van der Waals surface area contributed by atoms with Gasteiger partial charge in [0.1, 0.15) is 11.6 Å². The van der Waals surface area contributed by atoms with E-state index in [-0.39, 0.29) is 17.9 Å². The van der Waals surface area contributed by atoms with Crippen LogP contribution in [0.5, 0.6) is 5.75 Å². The lowest BCUT2D eigenvalue weighted by Gasteiger charge is -2.21. The van der Waals surface area contributed by atoms with Gasteiger partial charge >= 0.3 is 0 Å². The van der Waals surface area contributed by atoms with E-state index in [1.807, 2.05) is 32.0 Å². The summed E-state index contributed by atoms with van der Waals surface area (Å²) in [5, 5.41) is 3.41. The van der Waals surface area contributed by atoms with Crippen molar-refractivity contribution in [1.29, 1.82) is 0 Å². The Morgan fingerprint density at radius 1 is 1.15 bits per heavy atom. The second-order valence-corrected chi connectivity index (χ2v) is 4.75. The van der Waals surface area contributed by atoms with Gasteiger partial charge in [-0.2, -0.15) is 0 Å². The first-order valence-corrected chi connectivity index (χ1v) is 6.62. The van der Waals surface area contributed by atoms with E-state index in [0.717, 1.165) is 11.3 Å². The molecule has 1 heterocycles. The van der Waals surface area contributed by atoms with Gasteiger partial charge in [0.05, 0.1) is 12.8 Å². The Morgan fingerprint density at radius 2 is 1.95 bits per heavy atom. The van der Waals surface area contributed by atoms with Gasteiger partial charge in [-0.3, -0.25) is 4.98 Å². The molecule has 0 saturated carbocycles. The summed E-state index contributed by atoms with van der Waals surface area (Å²) < 4.78 is 18.7. The molecule has 2 aromatic rings. The maximum Gasteiger partial charge on any atom is 0.123 e. The predicted octanol–water partition coefficient (Wildman–Crippen LogP) is 3.64. The second-order valence-electron chi connectivity index (χ2n) is 4.75. The summed E-state index contributed by atoms with van der Waals surface area (Å²) in [4.78, 5) is 4.32. The molecular formula is C16H19FN2O. The number of hydrogen-bond donors (Lipinski definition) is 1. The molecule has 4 heteroatoms. The van der Waals surface area contributed by atoms with Crippen LogP contribution < -0.4 is 10.1 Å². The van der Waals surface area contributed by atoms with E-state index >= 15 is 0 Å². The highest BCUT2D eigenvalue weighted by molar-refractivity contribution is 5.36. The number of aromatic nitrogens is 1. The van der Waals surface area contributed by atoms with Crippen molar-refractivity contribution in [2.24, 2.45) is 0 Å². The van der Waals surface area contributed by atoms with E-state index in [9.17, 15) is 4.39 Å². The van der Waals surface area contributed by atoms with Gasteiger partial charge in [-0.1, -0.05) is 6.07 Å². The van der Waals surface area contributed by atoms with Crippen LogP contribution in [0.2, 0.25) is 0 Å². The topological polar surface area (TPSA) is 34.1 Å². The van der Waals surface area contributed by atoms with Crippen molar-refractivity contribution in [3.8, 4) is 5.75 Å². The van der Waals surface area contributed by atoms with Gasteiger partial charge in [0.2, 0.25) is 0 Å². The summed E-state index contributed by atoms with van der Waals surface area (Å²) in [6, 6.07) is 10.4. The molecule has 0 radical (unpaired) electrons. The number of benzene rings is 1. The average molecular weight is 274 g/mol. The SMILES string of the molecule is COc1ccc(F)cc1C(C)NC(C)c1ccccn1. The van der Waals surface area contributed by atoms with Crippen molar-refractivity contribution in [2.75, 3.05) is 7.11 Å². The first kappa shape index (κ1) is 14.5. The molecule has 1 aromatic heterocycles. The molecule has 0 aliphatic heterocycles. The summed E-state index contributed by atoms with van der Waals surface area (Å²) in [7, 11) is 1.59. The smallest absolute Gasteiger partial charge is 0.123 e. The lowest BCUT2D eigenvalue weighted by Crippen LogP contribution is -2.23. The standard InChI is InChI=1S/C16H19FN2O/c1-11(14-10-13(17)7-8-16(14)20-3)19-12(2)15-6-4-5-9-18-15/h4-12,19H,1-3H3. The second kappa shape index (κ2) is 6.48. The molecule has 1 aromatic carbocycles. The molecule has 0 amide bonds. The van der Waals surface area contributed by atoms with Crippen molar-refractivity contribution in [1.82, 2.24) is 10.3 Å². The van der Waals surface area contributed by atoms with E-state index in [0.29, 0.717) is 5.75 Å². The summed E-state index contributed by atoms with van der Waals surface area (Å²) >= 11 is 0. The molecular weight excluding hydrogens is 255 g/mol. The van der Waals surface area contributed by atoms with E-state index in [1.165, 1.54) is 12.1 Å². The fraction of sp³-hybridized carbons (Fsp3) is 0.312. The Hall–Kier alpha value is -1.94. The maximum absolute atomic E-state index is 13.4. The van der Waals surface area contributed by atoms with E-state index in [1.54, 1.807) is 19.4 Å². The van der Waals surface area contributed by atoms with Crippen molar-refractivity contribution < 1.29 is 9.13 Å². The van der Waals surface area contributed by atoms with E-state index in [2.05, 4.69) is 10.3 Å². The number of hydrogen-bond acceptors (Lipinski definition) is 3. The van der Waals surface area contributed by atoms with Gasteiger partial charge in [-0.05, 0) is 44.2 Å². The number of nitrogens with one attached hydrogen (secondary N) is 1. The van der Waals surface area contributed by atoms with Crippen LogP contribution in [-0.2, 0) is 0 Å². The zero-order valence-electron chi connectivity index (χ0n) is 11.9. The quantitative estimate of drug-likeness (QED) is 0.903. The third-order valence-corrected chi connectivity index (χ3v) is 3.29. The molecule has 0 bridgehead atoms. The number of methoxy groups -OCH3 is 1. The molecule has 0 aliphatic rings. The van der Waals surface area contributed by atoms with Crippen molar-refractivity contribution >= 4 is 0 Å². The highest BCUT2D eigenvalue weighted by atomic mass is 19.1. The van der Waals surface area contributed by atoms with Crippen molar-refractivity contribution in [3.05, 3.63) is 59.7 Å². The molecule has 20 heavy (non-hydrogen) atoms. The molecule has 0 fully saturated rings. The Bertz CT molecular complexity index is 560. The van der Waals surface area contributed by atoms with Gasteiger partial charge in [0.25, 0.3) is 0 Å². The van der Waals surface area contributed by atoms with Crippen LogP contribution in [0.15, 0.2) is 42.6 Å². The average Bonchev–Trinajstić information content (AvgIpc) is 2.48. The molecule has 1 N–H and O–H groups in total. The number of pyridine rings is 1. The fourth-order valence-electron chi connectivity index (χ4n) is 2.23. The van der Waals surface area contributed by atoms with Crippen LogP contribution in [0, 0.1) is 5.82 Å². The fourth-order valence-corrected chi connectivity index (χ4v) is 2.23. The van der Waals surface area contributed by atoms with Gasteiger partial charge in [0, 0.05) is 23.8 Å². The van der Waals surface area contributed by atoms with Crippen LogP contribution in [0.3, 0.4) is 0 Å². The molecule has 106 valence electrons. The van der Waals surface area contributed by atoms with Crippen LogP contribution in [0.1, 0.15) is 37.2 Å². The van der Waals surface area contributed by atoms with Gasteiger partial charge < -0.3 is 10.1 Å². The summed E-state index contributed by atoms with van der Waals surface area (Å²) in [5.41, 5.74) is 1.75. The number of rotatable bonds is 5. The van der Waals surface area contributed by atoms with Crippen molar-refractivity contribution in [3.63, 3.8) is 0 Å². The Kier molecular flexibility index (Phi) is 4.69. The number of ether oxygens (including phenoxy) is 1. The highest BCUT2D eigenvalue weighted by Gasteiger charge is 2.16. The lowest BCUT2D eigenvalue weighted by molar-refractivity contribution is 0.394. The first-order chi connectivity index (χ1) is 9.61. The van der Waals surface area contributed by atoms with Gasteiger partial charge in [-0.25, -0.2) is 4.39 Å². The Balaban J connectivity index is 2.16. The van der Waals surface area contributed by atoms with Gasteiger partial charge in [-0.15, -0.1) is 0 Å². The van der Waals surface area contributed by atoms with Crippen molar-refractivity contribution in [2.45, 2.75) is 25.9 Å². The maximum atomic E-state index is 13.4. The molecule has 2 unspecified atom stereocenters. The minimum Gasteiger partial charge on any atom is -0.496 e. The zero-order chi connectivity index (χ0) is 14.5. The predicted molar refractivity (Wildman–Crippen MR) is 77.2 cm³/mol. The number of nitrogens with zero attached hydrogens (tertiary/aromatic N) is 1. The molecule has 2 atom stereocenters. The molecule has 3 nitrogen and oxygen atoms in total. The van der Waals surface area contributed by atoms with Gasteiger partial charge in [0.15, 0.2) is 0 Å². The summed E-state index contributed by atoms with van der Waals surface area (Å²) in [6.07, 6.45) is 1.76. The third kappa shape index (κ3) is 3.33.